The van der Waals surface area contributed by atoms with E-state index in [0.717, 1.165) is 47.4 Å². The number of unbranched alkanes of at least 4 members (excludes halogenated alkanes) is 2. The number of anilines is 1. The summed E-state index contributed by atoms with van der Waals surface area (Å²) in [6.07, 6.45) is 7.09. The Morgan fingerprint density at radius 2 is 1.79 bits per heavy atom. The molecule has 0 saturated carbocycles. The Kier molecular flexibility index (Phi) is 6.46. The minimum atomic E-state index is -3.47. The van der Waals surface area contributed by atoms with Crippen molar-refractivity contribution in [3.63, 3.8) is 0 Å². The number of nitrogens with two attached hydrogens (primary N) is 1. The van der Waals surface area contributed by atoms with E-state index in [0.29, 0.717) is 25.2 Å². The van der Waals surface area contributed by atoms with Crippen LogP contribution in [0.5, 0.6) is 0 Å². The molecule has 0 aliphatic carbocycles. The lowest BCUT2D eigenvalue weighted by Gasteiger charge is -2.12. The Labute approximate surface area is 171 Å². The van der Waals surface area contributed by atoms with Crippen molar-refractivity contribution in [1.82, 2.24) is 24.5 Å². The van der Waals surface area contributed by atoms with Crippen molar-refractivity contribution in [3.8, 4) is 0 Å². The van der Waals surface area contributed by atoms with Crippen LogP contribution in [-0.2, 0) is 22.8 Å². The first-order valence-corrected chi connectivity index (χ1v) is 11.6. The summed E-state index contributed by atoms with van der Waals surface area (Å²) >= 11 is 0. The van der Waals surface area contributed by atoms with Crippen LogP contribution >= 0.6 is 0 Å². The van der Waals surface area contributed by atoms with Gasteiger partial charge in [-0.25, -0.2) is 28.4 Å². The van der Waals surface area contributed by atoms with E-state index in [1.54, 1.807) is 6.07 Å². The molecule has 0 spiro atoms. The number of hydrogen-bond acceptors (Lipinski definition) is 7. The predicted molar refractivity (Wildman–Crippen MR) is 113 cm³/mol. The molecule has 9 heteroatoms. The quantitative estimate of drug-likeness (QED) is 0.421. The normalized spacial score (nSPS) is 12.0. The van der Waals surface area contributed by atoms with Gasteiger partial charge in [-0.15, -0.1) is 0 Å². The fraction of sp³-hybridized carbons (Fsp3) is 0.500. The highest BCUT2D eigenvalue weighted by Crippen LogP contribution is 2.27. The van der Waals surface area contributed by atoms with E-state index in [1.807, 2.05) is 13.8 Å². The van der Waals surface area contributed by atoms with Crippen LogP contribution in [0, 0.1) is 13.8 Å². The molecule has 29 heavy (non-hydrogen) atoms. The van der Waals surface area contributed by atoms with Crippen molar-refractivity contribution in [2.45, 2.75) is 64.6 Å². The van der Waals surface area contributed by atoms with Gasteiger partial charge in [0, 0.05) is 31.1 Å². The van der Waals surface area contributed by atoms with Crippen LogP contribution in [0.15, 0.2) is 23.6 Å². The van der Waals surface area contributed by atoms with Gasteiger partial charge in [-0.05, 0) is 44.7 Å². The van der Waals surface area contributed by atoms with E-state index in [9.17, 15) is 8.42 Å². The van der Waals surface area contributed by atoms with E-state index in [4.69, 9.17) is 10.7 Å². The second-order valence-corrected chi connectivity index (χ2v) is 9.25. The maximum Gasteiger partial charge on any atom is 0.246 e. The summed E-state index contributed by atoms with van der Waals surface area (Å²) in [6.45, 7) is 6.81. The van der Waals surface area contributed by atoms with Gasteiger partial charge in [-0.1, -0.05) is 13.3 Å². The number of hydrogen-bond donors (Lipinski definition) is 1. The minimum absolute atomic E-state index is 0.0235. The minimum Gasteiger partial charge on any atom is -0.382 e. The summed E-state index contributed by atoms with van der Waals surface area (Å²) in [4.78, 5) is 16.9. The predicted octanol–water partition coefficient (Wildman–Crippen LogP) is 3.02. The molecule has 2 N–H and O–H groups in total. The third-order valence-corrected chi connectivity index (χ3v) is 6.69. The molecule has 0 aliphatic heterocycles. The number of sulfone groups is 1. The van der Waals surface area contributed by atoms with Crippen LogP contribution in [0.2, 0.25) is 0 Å². The largest absolute Gasteiger partial charge is 0.382 e. The second-order valence-electron chi connectivity index (χ2n) is 7.25. The first kappa shape index (κ1) is 21.2. The Morgan fingerprint density at radius 1 is 1.07 bits per heavy atom. The molecule has 0 radical (unpaired) electrons. The first-order valence-electron chi connectivity index (χ1n) is 9.96. The average Bonchev–Trinajstić information content (AvgIpc) is 3.07. The van der Waals surface area contributed by atoms with Crippen molar-refractivity contribution >= 4 is 26.7 Å². The van der Waals surface area contributed by atoms with Crippen LogP contribution in [0.1, 0.15) is 49.7 Å². The molecule has 3 aromatic rings. The number of pyridine rings is 1. The Bertz CT molecular complexity index is 1090. The Balaban J connectivity index is 1.80. The summed E-state index contributed by atoms with van der Waals surface area (Å²) in [6, 6.07) is 1.60. The molecule has 0 fully saturated rings. The number of imidazole rings is 1. The zero-order valence-electron chi connectivity index (χ0n) is 17.2. The van der Waals surface area contributed by atoms with Gasteiger partial charge < -0.3 is 10.3 Å². The molecule has 0 saturated heterocycles. The van der Waals surface area contributed by atoms with Crippen LogP contribution in [0.4, 0.5) is 5.82 Å². The van der Waals surface area contributed by atoms with Crippen molar-refractivity contribution in [2.24, 2.45) is 0 Å². The lowest BCUT2D eigenvalue weighted by Crippen LogP contribution is -2.12. The van der Waals surface area contributed by atoms with Gasteiger partial charge in [-0.2, -0.15) is 0 Å². The Hall–Kier alpha value is -2.55. The van der Waals surface area contributed by atoms with Crippen molar-refractivity contribution < 1.29 is 8.42 Å². The number of nitrogen functional groups attached to an aromatic ring is 1. The fourth-order valence-electron chi connectivity index (χ4n) is 3.41. The van der Waals surface area contributed by atoms with E-state index in [1.165, 1.54) is 12.4 Å². The van der Waals surface area contributed by atoms with Gasteiger partial charge in [0.15, 0.2) is 5.82 Å². The molecular formula is C20H28N6O2S. The highest BCUT2D eigenvalue weighted by molar-refractivity contribution is 7.91. The van der Waals surface area contributed by atoms with Gasteiger partial charge in [0.05, 0.1) is 11.3 Å². The molecule has 3 aromatic heterocycles. The molecule has 156 valence electrons. The molecule has 0 atom stereocenters. The molecular weight excluding hydrogens is 388 g/mol. The maximum absolute atomic E-state index is 12.4. The smallest absolute Gasteiger partial charge is 0.246 e. The van der Waals surface area contributed by atoms with Crippen molar-refractivity contribution in [1.29, 1.82) is 0 Å². The first-order chi connectivity index (χ1) is 13.8. The standard InChI is InChI=1S/C20H28N6O2S/c1-4-5-9-16-25-17-18(14(2)15(3)24-19(17)21)26(16)12-6-7-13-29(27,28)20-22-10-8-11-23-20/h8,10-11H,4-7,9,12-13H2,1-3H3,(H2,21,24). The number of rotatable bonds is 9. The molecule has 8 nitrogen and oxygen atoms in total. The van der Waals surface area contributed by atoms with Crippen LogP contribution in [0.25, 0.3) is 11.0 Å². The fourth-order valence-corrected chi connectivity index (χ4v) is 4.62. The van der Waals surface area contributed by atoms with E-state index in [-0.39, 0.29) is 10.9 Å². The SMILES string of the molecule is CCCCc1nc2c(N)nc(C)c(C)c2n1CCCCS(=O)(=O)c1ncccn1. The summed E-state index contributed by atoms with van der Waals surface area (Å²) in [5.41, 5.74) is 9.84. The summed E-state index contributed by atoms with van der Waals surface area (Å²) < 4.78 is 27.0. The molecule has 3 heterocycles. The van der Waals surface area contributed by atoms with Gasteiger partial charge in [0.2, 0.25) is 15.0 Å². The molecule has 0 amide bonds. The zero-order valence-corrected chi connectivity index (χ0v) is 18.0. The molecule has 0 unspecified atom stereocenters. The van der Waals surface area contributed by atoms with Gasteiger partial charge in [-0.3, -0.25) is 0 Å². The molecule has 3 rings (SSSR count). The summed E-state index contributed by atoms with van der Waals surface area (Å²) in [5, 5.41) is -0.109. The lowest BCUT2D eigenvalue weighted by atomic mass is 10.2. The van der Waals surface area contributed by atoms with E-state index >= 15 is 0 Å². The number of nitrogens with zero attached hydrogens (tertiary/aromatic N) is 5. The lowest BCUT2D eigenvalue weighted by molar-refractivity contribution is 0.571. The highest BCUT2D eigenvalue weighted by atomic mass is 32.2. The van der Waals surface area contributed by atoms with E-state index in [2.05, 4.69) is 26.4 Å². The Morgan fingerprint density at radius 3 is 2.48 bits per heavy atom. The number of aryl methyl sites for hydroxylation is 4. The van der Waals surface area contributed by atoms with Gasteiger partial charge in [0.1, 0.15) is 11.3 Å². The third kappa shape index (κ3) is 4.55. The van der Waals surface area contributed by atoms with Crippen molar-refractivity contribution in [3.05, 3.63) is 35.5 Å². The average molecular weight is 417 g/mol. The second kappa shape index (κ2) is 8.86. The van der Waals surface area contributed by atoms with Gasteiger partial charge >= 0.3 is 0 Å². The van der Waals surface area contributed by atoms with Crippen LogP contribution in [-0.4, -0.2) is 38.7 Å². The molecule has 0 aliphatic rings. The van der Waals surface area contributed by atoms with Crippen LogP contribution < -0.4 is 5.73 Å². The van der Waals surface area contributed by atoms with Crippen LogP contribution in [0.3, 0.4) is 0 Å². The molecule has 0 bridgehead atoms. The zero-order chi connectivity index (χ0) is 21.0. The maximum atomic E-state index is 12.4. The molecule has 0 aromatic carbocycles. The third-order valence-electron chi connectivity index (χ3n) is 5.09. The monoisotopic (exact) mass is 416 g/mol. The van der Waals surface area contributed by atoms with Crippen molar-refractivity contribution in [2.75, 3.05) is 11.5 Å². The topological polar surface area (TPSA) is 117 Å². The van der Waals surface area contributed by atoms with Gasteiger partial charge in [0.25, 0.3) is 0 Å². The number of fused-ring (bicyclic) bond motifs is 1. The van der Waals surface area contributed by atoms with E-state index < -0.39 is 9.84 Å². The summed E-state index contributed by atoms with van der Waals surface area (Å²) in [5.74, 6) is 1.46. The number of aromatic nitrogens is 5. The highest BCUT2D eigenvalue weighted by Gasteiger charge is 2.19. The summed E-state index contributed by atoms with van der Waals surface area (Å²) in [7, 11) is -3.47.